The van der Waals surface area contributed by atoms with Crippen LogP contribution in [0.1, 0.15) is 51.2 Å². The van der Waals surface area contributed by atoms with Crippen LogP contribution >= 0.6 is 15.9 Å². The Balaban J connectivity index is 2.64. The highest BCUT2D eigenvalue weighted by Crippen LogP contribution is 2.50. The number of carbonyl (C=O) groups excluding carboxylic acids is 1. The van der Waals surface area contributed by atoms with E-state index < -0.39 is 5.54 Å². The zero-order valence-corrected chi connectivity index (χ0v) is 13.0. The molecule has 0 spiro atoms. The molecule has 1 aromatic carbocycles. The third kappa shape index (κ3) is 2.47. The SMILES string of the molecule is CC(C)(C)c1cc(Br)cc(C2(N=C=O)CCC2)c1O. The minimum Gasteiger partial charge on any atom is -0.507 e. The lowest BCUT2D eigenvalue weighted by atomic mass is 9.70. The monoisotopic (exact) mass is 323 g/mol. The molecule has 0 bridgehead atoms. The highest BCUT2D eigenvalue weighted by molar-refractivity contribution is 9.10. The fraction of sp³-hybridized carbons (Fsp3) is 0.533. The summed E-state index contributed by atoms with van der Waals surface area (Å²) in [5.74, 6) is 0.259. The van der Waals surface area contributed by atoms with Gasteiger partial charge in [0.25, 0.3) is 0 Å². The molecule has 0 heterocycles. The van der Waals surface area contributed by atoms with E-state index in [1.54, 1.807) is 6.08 Å². The first kappa shape index (κ1) is 14.3. The Morgan fingerprint density at radius 2 is 2.00 bits per heavy atom. The van der Waals surface area contributed by atoms with E-state index in [1.807, 2.05) is 12.1 Å². The lowest BCUT2D eigenvalue weighted by Gasteiger charge is -2.38. The van der Waals surface area contributed by atoms with E-state index in [2.05, 4.69) is 41.7 Å². The van der Waals surface area contributed by atoms with Crippen LogP contribution in [0.5, 0.6) is 5.75 Å². The largest absolute Gasteiger partial charge is 0.507 e. The van der Waals surface area contributed by atoms with Crippen LogP contribution in [-0.2, 0) is 15.7 Å². The summed E-state index contributed by atoms with van der Waals surface area (Å²) in [5, 5.41) is 10.6. The molecule has 102 valence electrons. The number of halogens is 1. The molecule has 1 aliphatic carbocycles. The van der Waals surface area contributed by atoms with Gasteiger partial charge in [0.15, 0.2) is 0 Å². The van der Waals surface area contributed by atoms with Gasteiger partial charge in [-0.2, -0.15) is 4.99 Å². The van der Waals surface area contributed by atoms with E-state index in [9.17, 15) is 9.90 Å². The molecule has 0 aliphatic heterocycles. The summed E-state index contributed by atoms with van der Waals surface area (Å²) in [7, 11) is 0. The van der Waals surface area contributed by atoms with Gasteiger partial charge in [-0.15, -0.1) is 0 Å². The van der Waals surface area contributed by atoms with Gasteiger partial charge in [-0.3, -0.25) is 0 Å². The number of aromatic hydroxyl groups is 1. The van der Waals surface area contributed by atoms with E-state index in [4.69, 9.17) is 0 Å². The Hall–Kier alpha value is -1.12. The average molecular weight is 324 g/mol. The van der Waals surface area contributed by atoms with Crippen LogP contribution in [0.2, 0.25) is 0 Å². The van der Waals surface area contributed by atoms with Gasteiger partial charge in [0.05, 0.1) is 0 Å². The normalized spacial score (nSPS) is 17.5. The summed E-state index contributed by atoms with van der Waals surface area (Å²) < 4.78 is 0.901. The number of rotatable bonds is 2. The number of hydrogen-bond acceptors (Lipinski definition) is 3. The van der Waals surface area contributed by atoms with Gasteiger partial charge in [-0.05, 0) is 36.8 Å². The second-order valence-corrected chi connectivity index (χ2v) is 7.10. The summed E-state index contributed by atoms with van der Waals surface area (Å²) in [6.45, 7) is 6.15. The van der Waals surface area contributed by atoms with E-state index in [-0.39, 0.29) is 11.2 Å². The third-order valence-corrected chi connectivity index (χ3v) is 4.28. The summed E-state index contributed by atoms with van der Waals surface area (Å²) in [5.41, 5.74) is 0.860. The minimum atomic E-state index is -0.574. The van der Waals surface area contributed by atoms with E-state index >= 15 is 0 Å². The van der Waals surface area contributed by atoms with Crippen molar-refractivity contribution < 1.29 is 9.90 Å². The predicted molar refractivity (Wildman–Crippen MR) is 78.2 cm³/mol. The molecule has 1 saturated carbocycles. The molecule has 0 aromatic heterocycles. The molecule has 4 heteroatoms. The number of hydrogen-bond donors (Lipinski definition) is 1. The summed E-state index contributed by atoms with van der Waals surface area (Å²) in [4.78, 5) is 14.6. The highest BCUT2D eigenvalue weighted by atomic mass is 79.9. The fourth-order valence-electron chi connectivity index (χ4n) is 2.57. The fourth-order valence-corrected chi connectivity index (χ4v) is 3.02. The van der Waals surface area contributed by atoms with Crippen molar-refractivity contribution >= 4 is 22.0 Å². The van der Waals surface area contributed by atoms with Gasteiger partial charge in [0, 0.05) is 15.6 Å². The molecule has 1 N–H and O–H groups in total. The maximum Gasteiger partial charge on any atom is 0.235 e. The summed E-state index contributed by atoms with van der Waals surface area (Å²) >= 11 is 3.49. The number of aliphatic imine (C=N–C) groups is 1. The van der Waals surface area contributed by atoms with Crippen molar-refractivity contribution in [2.24, 2.45) is 4.99 Å². The zero-order chi connectivity index (χ0) is 14.3. The van der Waals surface area contributed by atoms with Crippen molar-refractivity contribution in [2.75, 3.05) is 0 Å². The highest BCUT2D eigenvalue weighted by Gasteiger charge is 2.42. The molecule has 3 nitrogen and oxygen atoms in total. The molecule has 1 aromatic rings. The lowest BCUT2D eigenvalue weighted by Crippen LogP contribution is -2.32. The van der Waals surface area contributed by atoms with Gasteiger partial charge in [0.2, 0.25) is 6.08 Å². The Kier molecular flexibility index (Phi) is 3.59. The van der Waals surface area contributed by atoms with Crippen molar-refractivity contribution in [3.8, 4) is 5.75 Å². The van der Waals surface area contributed by atoms with E-state index in [0.717, 1.165) is 34.9 Å². The number of phenols is 1. The molecule has 0 unspecified atom stereocenters. The standard InChI is InChI=1S/C15H18BrNO2/c1-14(2,3)11-7-10(16)8-12(13(11)19)15(17-9-18)5-4-6-15/h7-8,19H,4-6H2,1-3H3. The van der Waals surface area contributed by atoms with Crippen molar-refractivity contribution in [3.05, 3.63) is 27.7 Å². The van der Waals surface area contributed by atoms with Crippen LogP contribution in [-0.4, -0.2) is 11.2 Å². The molecule has 2 rings (SSSR count). The Bertz CT molecular complexity index is 550. The molecule has 19 heavy (non-hydrogen) atoms. The molecule has 1 fully saturated rings. The predicted octanol–water partition coefficient (Wildman–Crippen LogP) is 4.17. The maximum absolute atomic E-state index is 10.7. The van der Waals surface area contributed by atoms with Gasteiger partial charge in [-0.25, -0.2) is 4.79 Å². The van der Waals surface area contributed by atoms with Crippen LogP contribution in [0.3, 0.4) is 0 Å². The van der Waals surface area contributed by atoms with Crippen LogP contribution in [0.25, 0.3) is 0 Å². The van der Waals surface area contributed by atoms with Gasteiger partial charge in [0.1, 0.15) is 11.3 Å². The van der Waals surface area contributed by atoms with Crippen molar-refractivity contribution in [1.29, 1.82) is 0 Å². The molecule has 0 atom stereocenters. The number of nitrogens with zero attached hydrogens (tertiary/aromatic N) is 1. The summed E-state index contributed by atoms with van der Waals surface area (Å²) in [6.07, 6.45) is 4.25. The Morgan fingerprint density at radius 1 is 1.37 bits per heavy atom. The topological polar surface area (TPSA) is 49.7 Å². The van der Waals surface area contributed by atoms with Crippen molar-refractivity contribution in [2.45, 2.75) is 51.0 Å². The minimum absolute atomic E-state index is 0.168. The third-order valence-electron chi connectivity index (χ3n) is 3.82. The Labute approximate surface area is 121 Å². The van der Waals surface area contributed by atoms with Crippen LogP contribution in [0, 0.1) is 0 Å². The summed E-state index contributed by atoms with van der Waals surface area (Å²) in [6, 6.07) is 3.79. The van der Waals surface area contributed by atoms with Crippen LogP contribution < -0.4 is 0 Å². The van der Waals surface area contributed by atoms with E-state index in [0.29, 0.717) is 0 Å². The van der Waals surface area contributed by atoms with Gasteiger partial charge < -0.3 is 5.11 Å². The molecule has 0 radical (unpaired) electrons. The Morgan fingerprint density at radius 3 is 2.42 bits per heavy atom. The zero-order valence-electron chi connectivity index (χ0n) is 11.5. The van der Waals surface area contributed by atoms with Crippen LogP contribution in [0.15, 0.2) is 21.6 Å². The molecule has 1 aliphatic rings. The second kappa shape index (κ2) is 4.77. The molecular weight excluding hydrogens is 306 g/mol. The number of phenolic OH excluding ortho intramolecular Hbond substituents is 1. The first-order valence-corrected chi connectivity index (χ1v) is 7.22. The molecule has 0 saturated heterocycles. The first-order chi connectivity index (χ1) is 8.80. The number of isocyanates is 1. The van der Waals surface area contributed by atoms with Crippen LogP contribution in [0.4, 0.5) is 0 Å². The van der Waals surface area contributed by atoms with Gasteiger partial charge >= 0.3 is 0 Å². The molecular formula is C15H18BrNO2. The van der Waals surface area contributed by atoms with Crippen molar-refractivity contribution in [3.63, 3.8) is 0 Å². The average Bonchev–Trinajstić information content (AvgIpc) is 2.25. The smallest absolute Gasteiger partial charge is 0.235 e. The second-order valence-electron chi connectivity index (χ2n) is 6.19. The van der Waals surface area contributed by atoms with E-state index in [1.165, 1.54) is 0 Å². The van der Waals surface area contributed by atoms with Crippen molar-refractivity contribution in [1.82, 2.24) is 0 Å². The maximum atomic E-state index is 10.7. The lowest BCUT2D eigenvalue weighted by molar-refractivity contribution is 0.246. The number of benzene rings is 1. The quantitative estimate of drug-likeness (QED) is 0.656. The first-order valence-electron chi connectivity index (χ1n) is 6.43. The molecule has 0 amide bonds. The van der Waals surface area contributed by atoms with Gasteiger partial charge in [-0.1, -0.05) is 36.7 Å².